The molecule has 3 aliphatic rings. The van der Waals surface area contributed by atoms with Crippen molar-refractivity contribution in [3.63, 3.8) is 0 Å². The molecule has 2 saturated carbocycles. The third-order valence-electron chi connectivity index (χ3n) is 5.89. The van der Waals surface area contributed by atoms with E-state index in [-0.39, 0.29) is 24.7 Å². The average molecular weight is 347 g/mol. The molecule has 0 spiro atoms. The molecule has 1 heterocycles. The summed E-state index contributed by atoms with van der Waals surface area (Å²) in [5, 5.41) is 5.91. The van der Waals surface area contributed by atoms with Crippen molar-refractivity contribution < 1.29 is 18.0 Å². The summed E-state index contributed by atoms with van der Waals surface area (Å²) in [6.45, 7) is -0.224. The van der Waals surface area contributed by atoms with Crippen LogP contribution < -0.4 is 10.6 Å². The molecule has 7 heteroatoms. The number of halogens is 3. The number of amides is 2. The lowest BCUT2D eigenvalue weighted by Gasteiger charge is -2.39. The Morgan fingerprint density at radius 1 is 0.958 bits per heavy atom. The molecule has 0 aromatic carbocycles. The maximum atomic E-state index is 12.4. The number of likely N-dealkylation sites (tertiary alicyclic amines) is 1. The van der Waals surface area contributed by atoms with Gasteiger partial charge in [-0.05, 0) is 37.5 Å². The largest absolute Gasteiger partial charge is 0.401 e. The maximum Gasteiger partial charge on any atom is 0.401 e. The summed E-state index contributed by atoms with van der Waals surface area (Å²) < 4.78 is 37.2. The second kappa shape index (κ2) is 7.50. The van der Waals surface area contributed by atoms with Gasteiger partial charge >= 0.3 is 12.2 Å². The van der Waals surface area contributed by atoms with E-state index >= 15 is 0 Å². The van der Waals surface area contributed by atoms with Crippen molar-refractivity contribution in [2.45, 2.75) is 69.6 Å². The van der Waals surface area contributed by atoms with Crippen LogP contribution in [0.2, 0.25) is 0 Å². The van der Waals surface area contributed by atoms with Gasteiger partial charge in [0.1, 0.15) is 0 Å². The maximum absolute atomic E-state index is 12.4. The van der Waals surface area contributed by atoms with Crippen molar-refractivity contribution in [3.05, 3.63) is 0 Å². The topological polar surface area (TPSA) is 44.4 Å². The van der Waals surface area contributed by atoms with Crippen LogP contribution in [0.3, 0.4) is 0 Å². The molecule has 4 atom stereocenters. The Morgan fingerprint density at radius 3 is 2.42 bits per heavy atom. The highest BCUT2D eigenvalue weighted by Crippen LogP contribution is 2.40. The van der Waals surface area contributed by atoms with Gasteiger partial charge in [-0.1, -0.05) is 25.7 Å². The fraction of sp³-hybridized carbons (Fsp3) is 0.941. The quantitative estimate of drug-likeness (QED) is 0.823. The molecule has 0 unspecified atom stereocenters. The van der Waals surface area contributed by atoms with Gasteiger partial charge in [0.2, 0.25) is 0 Å². The molecule has 0 radical (unpaired) electrons. The first-order valence-corrected chi connectivity index (χ1v) is 9.25. The second-order valence-electron chi connectivity index (χ2n) is 7.77. The van der Waals surface area contributed by atoms with Crippen LogP contribution in [0.4, 0.5) is 18.0 Å². The zero-order valence-corrected chi connectivity index (χ0v) is 14.1. The molecule has 1 aliphatic heterocycles. The number of carbonyl (C=O) groups is 1. The van der Waals surface area contributed by atoms with Gasteiger partial charge in [0.05, 0.1) is 6.54 Å². The zero-order chi connectivity index (χ0) is 17.2. The summed E-state index contributed by atoms with van der Waals surface area (Å²) in [4.78, 5) is 13.5. The fourth-order valence-corrected chi connectivity index (χ4v) is 4.76. The van der Waals surface area contributed by atoms with Gasteiger partial charge in [0.15, 0.2) is 0 Å². The summed E-state index contributed by atoms with van der Waals surface area (Å²) in [6.07, 6.45) is 4.95. The number of urea groups is 1. The SMILES string of the molecule is O=C(N[C@@H]1CC[C@@H]2CCCC[C@@H]2C1)N[C@@H]1CCN(CC(F)(F)F)C1. The Labute approximate surface area is 141 Å². The third-order valence-corrected chi connectivity index (χ3v) is 5.89. The molecule has 2 N–H and O–H groups in total. The summed E-state index contributed by atoms with van der Waals surface area (Å²) in [5.41, 5.74) is 0. The van der Waals surface area contributed by atoms with E-state index in [1.807, 2.05) is 0 Å². The number of nitrogens with zero attached hydrogens (tertiary/aromatic N) is 1. The number of carbonyl (C=O) groups excluding carboxylic acids is 1. The van der Waals surface area contributed by atoms with Gasteiger partial charge in [0, 0.05) is 25.2 Å². The minimum absolute atomic E-state index is 0.182. The van der Waals surface area contributed by atoms with Crippen LogP contribution in [0.5, 0.6) is 0 Å². The first-order valence-electron chi connectivity index (χ1n) is 9.25. The van der Waals surface area contributed by atoms with Crippen LogP contribution in [-0.2, 0) is 0 Å². The highest BCUT2D eigenvalue weighted by molar-refractivity contribution is 5.74. The average Bonchev–Trinajstić information content (AvgIpc) is 2.91. The molecule has 0 bridgehead atoms. The van der Waals surface area contributed by atoms with E-state index in [0.29, 0.717) is 13.0 Å². The van der Waals surface area contributed by atoms with Crippen molar-refractivity contribution in [2.75, 3.05) is 19.6 Å². The number of alkyl halides is 3. The van der Waals surface area contributed by atoms with Crippen molar-refractivity contribution >= 4 is 6.03 Å². The Kier molecular flexibility index (Phi) is 5.57. The van der Waals surface area contributed by atoms with Crippen LogP contribution in [0, 0.1) is 11.8 Å². The molecule has 3 fully saturated rings. The lowest BCUT2D eigenvalue weighted by Crippen LogP contribution is -2.49. The summed E-state index contributed by atoms with van der Waals surface area (Å²) in [5.74, 6) is 1.58. The van der Waals surface area contributed by atoms with E-state index < -0.39 is 12.7 Å². The van der Waals surface area contributed by atoms with Crippen molar-refractivity contribution in [1.29, 1.82) is 0 Å². The number of nitrogens with one attached hydrogen (secondary N) is 2. The number of rotatable bonds is 3. The molecule has 0 aromatic rings. The van der Waals surface area contributed by atoms with Gasteiger partial charge in [-0.3, -0.25) is 4.90 Å². The first kappa shape index (κ1) is 17.8. The van der Waals surface area contributed by atoms with E-state index in [4.69, 9.17) is 0 Å². The zero-order valence-electron chi connectivity index (χ0n) is 14.1. The van der Waals surface area contributed by atoms with Gasteiger partial charge < -0.3 is 10.6 Å². The van der Waals surface area contributed by atoms with E-state index in [1.54, 1.807) is 0 Å². The van der Waals surface area contributed by atoms with Crippen molar-refractivity contribution in [2.24, 2.45) is 11.8 Å². The summed E-state index contributed by atoms with van der Waals surface area (Å²) >= 11 is 0. The van der Waals surface area contributed by atoms with Crippen LogP contribution >= 0.6 is 0 Å². The van der Waals surface area contributed by atoms with Crippen molar-refractivity contribution in [3.8, 4) is 0 Å². The molecule has 0 aromatic heterocycles. The minimum Gasteiger partial charge on any atom is -0.335 e. The Hall–Kier alpha value is -0.980. The number of hydrogen-bond acceptors (Lipinski definition) is 2. The predicted octanol–water partition coefficient (Wildman–Crippen LogP) is 3.28. The molecule has 2 amide bonds. The van der Waals surface area contributed by atoms with Gasteiger partial charge in [-0.15, -0.1) is 0 Å². The fourth-order valence-electron chi connectivity index (χ4n) is 4.76. The summed E-state index contributed by atoms with van der Waals surface area (Å²) in [6, 6.07) is -0.177. The molecule has 3 rings (SSSR count). The molecular weight excluding hydrogens is 319 g/mol. The standard InChI is InChI=1S/C17H28F3N3O/c18-17(19,20)11-23-8-7-15(10-23)22-16(24)21-14-6-5-12-3-1-2-4-13(12)9-14/h12-15H,1-11H2,(H2,21,22,24)/t12-,13+,14+,15+/m0/s1. The van der Waals surface area contributed by atoms with Crippen LogP contribution in [0.25, 0.3) is 0 Å². The van der Waals surface area contributed by atoms with Crippen LogP contribution in [0.1, 0.15) is 51.4 Å². The number of hydrogen-bond donors (Lipinski definition) is 2. The Bertz CT molecular complexity index is 443. The molecule has 2 aliphatic carbocycles. The highest BCUT2D eigenvalue weighted by Gasteiger charge is 2.35. The lowest BCUT2D eigenvalue weighted by atomic mass is 9.69. The molecule has 1 saturated heterocycles. The molecule has 138 valence electrons. The van der Waals surface area contributed by atoms with Crippen LogP contribution in [0.15, 0.2) is 0 Å². The highest BCUT2D eigenvalue weighted by atomic mass is 19.4. The van der Waals surface area contributed by atoms with E-state index in [0.717, 1.165) is 24.7 Å². The minimum atomic E-state index is -4.17. The Morgan fingerprint density at radius 2 is 1.67 bits per heavy atom. The van der Waals surface area contributed by atoms with Gasteiger partial charge in [0.25, 0.3) is 0 Å². The van der Waals surface area contributed by atoms with E-state index in [1.165, 1.54) is 37.0 Å². The van der Waals surface area contributed by atoms with E-state index in [9.17, 15) is 18.0 Å². The molecule has 24 heavy (non-hydrogen) atoms. The van der Waals surface area contributed by atoms with E-state index in [2.05, 4.69) is 10.6 Å². The monoisotopic (exact) mass is 347 g/mol. The van der Waals surface area contributed by atoms with Gasteiger partial charge in [-0.25, -0.2) is 4.79 Å². The van der Waals surface area contributed by atoms with Crippen molar-refractivity contribution in [1.82, 2.24) is 15.5 Å². The van der Waals surface area contributed by atoms with Gasteiger partial charge in [-0.2, -0.15) is 13.2 Å². The lowest BCUT2D eigenvalue weighted by molar-refractivity contribution is -0.143. The summed E-state index contributed by atoms with van der Waals surface area (Å²) in [7, 11) is 0. The first-order chi connectivity index (χ1) is 11.4. The second-order valence-corrected chi connectivity index (χ2v) is 7.77. The van der Waals surface area contributed by atoms with Crippen LogP contribution in [-0.4, -0.2) is 48.8 Å². The molecule has 4 nitrogen and oxygen atoms in total. The normalized spacial score (nSPS) is 34.6. The Balaban J connectivity index is 1.38. The number of fused-ring (bicyclic) bond motifs is 1. The third kappa shape index (κ3) is 5.01. The smallest absolute Gasteiger partial charge is 0.335 e. The molecular formula is C17H28F3N3O. The predicted molar refractivity (Wildman–Crippen MR) is 85.7 cm³/mol.